The van der Waals surface area contributed by atoms with Gasteiger partial charge in [-0.05, 0) is 31.9 Å². The highest BCUT2D eigenvalue weighted by Gasteiger charge is 2.23. The first kappa shape index (κ1) is 13.7. The number of hydrogen-bond acceptors (Lipinski definition) is 3. The minimum atomic E-state index is -0.990. The maximum absolute atomic E-state index is 12.2. The summed E-state index contributed by atoms with van der Waals surface area (Å²) in [5.74, 6) is 0.815. The molecule has 100 valence electrons. The average molecular weight is 268 g/mol. The van der Waals surface area contributed by atoms with Gasteiger partial charge < -0.3 is 9.84 Å². The average Bonchev–Trinajstić information content (AvgIpc) is 2.40. The summed E-state index contributed by atoms with van der Waals surface area (Å²) < 4.78 is 17.8. The number of benzene rings is 1. The van der Waals surface area contributed by atoms with Crippen LogP contribution in [0.4, 0.5) is 0 Å². The number of hydrogen-bond donors (Lipinski definition) is 1. The van der Waals surface area contributed by atoms with E-state index in [4.69, 9.17) is 9.84 Å². The predicted molar refractivity (Wildman–Crippen MR) is 72.0 cm³/mol. The van der Waals surface area contributed by atoms with Crippen LogP contribution in [0.25, 0.3) is 0 Å². The van der Waals surface area contributed by atoms with Gasteiger partial charge in [-0.1, -0.05) is 17.7 Å². The van der Waals surface area contributed by atoms with E-state index in [-0.39, 0.29) is 18.6 Å². The Morgan fingerprint density at radius 1 is 1.33 bits per heavy atom. The first-order valence-electron chi connectivity index (χ1n) is 6.36. The van der Waals surface area contributed by atoms with Crippen LogP contribution >= 0.6 is 0 Å². The molecule has 3 nitrogen and oxygen atoms in total. The van der Waals surface area contributed by atoms with E-state index in [1.54, 1.807) is 0 Å². The van der Waals surface area contributed by atoms with E-state index < -0.39 is 10.8 Å². The summed E-state index contributed by atoms with van der Waals surface area (Å²) in [5.41, 5.74) is 1.18. The molecule has 1 saturated heterocycles. The SMILES string of the molecule is Cc1ccc(S(=O)C[C@H]2CC[C@H](CO)CO2)cc1. The molecule has 1 aromatic rings. The van der Waals surface area contributed by atoms with E-state index >= 15 is 0 Å². The molecule has 1 fully saturated rings. The van der Waals surface area contributed by atoms with Crippen molar-refractivity contribution in [1.82, 2.24) is 0 Å². The molecule has 0 aliphatic carbocycles. The Hall–Kier alpha value is -0.710. The molecule has 1 aliphatic heterocycles. The second-order valence-corrected chi connectivity index (χ2v) is 6.40. The predicted octanol–water partition coefficient (Wildman–Crippen LogP) is 1.89. The highest BCUT2D eigenvalue weighted by molar-refractivity contribution is 7.85. The highest BCUT2D eigenvalue weighted by atomic mass is 32.2. The van der Waals surface area contributed by atoms with Crippen molar-refractivity contribution in [2.75, 3.05) is 19.0 Å². The first-order valence-corrected chi connectivity index (χ1v) is 7.68. The van der Waals surface area contributed by atoms with Gasteiger partial charge in [0.1, 0.15) is 0 Å². The van der Waals surface area contributed by atoms with Crippen LogP contribution in [0, 0.1) is 12.8 Å². The molecule has 0 bridgehead atoms. The summed E-state index contributed by atoms with van der Waals surface area (Å²) in [6, 6.07) is 7.81. The fourth-order valence-corrected chi connectivity index (χ4v) is 3.32. The Bertz CT molecular complexity index is 394. The van der Waals surface area contributed by atoms with Crippen molar-refractivity contribution in [1.29, 1.82) is 0 Å². The summed E-state index contributed by atoms with van der Waals surface area (Å²) in [4.78, 5) is 0.869. The van der Waals surface area contributed by atoms with Crippen molar-refractivity contribution in [3.05, 3.63) is 29.8 Å². The smallest absolute Gasteiger partial charge is 0.0694 e. The number of aliphatic hydroxyl groups is 1. The summed E-state index contributed by atoms with van der Waals surface area (Å²) in [6.45, 7) is 2.80. The normalized spacial score (nSPS) is 25.9. The minimum absolute atomic E-state index is 0.0648. The third kappa shape index (κ3) is 3.64. The van der Waals surface area contributed by atoms with Crippen molar-refractivity contribution in [2.24, 2.45) is 5.92 Å². The molecule has 3 atom stereocenters. The van der Waals surface area contributed by atoms with Crippen LogP contribution < -0.4 is 0 Å². The van der Waals surface area contributed by atoms with Crippen molar-refractivity contribution >= 4 is 10.8 Å². The molecule has 1 heterocycles. The maximum Gasteiger partial charge on any atom is 0.0694 e. The number of ether oxygens (including phenoxy) is 1. The van der Waals surface area contributed by atoms with Crippen molar-refractivity contribution in [2.45, 2.75) is 30.8 Å². The summed E-state index contributed by atoms with van der Waals surface area (Å²) in [6.07, 6.45) is 1.92. The Morgan fingerprint density at radius 3 is 2.61 bits per heavy atom. The van der Waals surface area contributed by atoms with Gasteiger partial charge in [0.05, 0.1) is 29.3 Å². The molecule has 1 aromatic carbocycles. The van der Waals surface area contributed by atoms with Gasteiger partial charge in [0.15, 0.2) is 0 Å². The van der Waals surface area contributed by atoms with Gasteiger partial charge in [0, 0.05) is 17.4 Å². The number of rotatable bonds is 4. The van der Waals surface area contributed by atoms with Crippen LogP contribution in [0.3, 0.4) is 0 Å². The molecule has 0 spiro atoms. The Kier molecular flexibility index (Phi) is 4.92. The van der Waals surface area contributed by atoms with Crippen molar-refractivity contribution in [3.63, 3.8) is 0 Å². The summed E-state index contributed by atoms with van der Waals surface area (Å²) in [5, 5.41) is 9.02. The third-order valence-corrected chi connectivity index (χ3v) is 4.82. The van der Waals surface area contributed by atoms with Crippen LogP contribution in [-0.2, 0) is 15.5 Å². The molecule has 0 radical (unpaired) electrons. The topological polar surface area (TPSA) is 46.5 Å². The van der Waals surface area contributed by atoms with Crippen molar-refractivity contribution in [3.8, 4) is 0 Å². The molecular weight excluding hydrogens is 248 g/mol. The summed E-state index contributed by atoms with van der Waals surface area (Å²) >= 11 is 0. The highest BCUT2D eigenvalue weighted by Crippen LogP contribution is 2.20. The fourth-order valence-electron chi connectivity index (χ4n) is 2.09. The van der Waals surface area contributed by atoms with E-state index in [9.17, 15) is 4.21 Å². The van der Waals surface area contributed by atoms with Gasteiger partial charge >= 0.3 is 0 Å². The van der Waals surface area contributed by atoms with E-state index in [1.807, 2.05) is 31.2 Å². The summed E-state index contributed by atoms with van der Waals surface area (Å²) in [7, 11) is -0.990. The van der Waals surface area contributed by atoms with E-state index in [2.05, 4.69) is 0 Å². The third-order valence-electron chi connectivity index (χ3n) is 3.34. The van der Waals surface area contributed by atoms with Gasteiger partial charge in [0.2, 0.25) is 0 Å². The standard InChI is InChI=1S/C14H20O3S/c1-11-2-6-14(7-3-11)18(16)10-13-5-4-12(8-15)9-17-13/h2-3,6-7,12-13,15H,4-5,8-10H2,1H3/t12-,13-,18?/m1/s1. The van der Waals surface area contributed by atoms with Gasteiger partial charge in [-0.25, -0.2) is 0 Å². The zero-order chi connectivity index (χ0) is 13.0. The van der Waals surface area contributed by atoms with Crippen LogP contribution in [0.5, 0.6) is 0 Å². The van der Waals surface area contributed by atoms with Crippen LogP contribution in [0.2, 0.25) is 0 Å². The van der Waals surface area contributed by atoms with Crippen LogP contribution in [-0.4, -0.2) is 34.4 Å². The molecule has 0 amide bonds. The lowest BCUT2D eigenvalue weighted by Gasteiger charge is -2.27. The van der Waals surface area contributed by atoms with Crippen molar-refractivity contribution < 1.29 is 14.1 Å². The van der Waals surface area contributed by atoms with Crippen LogP contribution in [0.1, 0.15) is 18.4 Å². The molecule has 1 unspecified atom stereocenters. The second-order valence-electron chi connectivity index (χ2n) is 4.91. The Morgan fingerprint density at radius 2 is 2.06 bits per heavy atom. The van der Waals surface area contributed by atoms with Gasteiger partial charge in [-0.3, -0.25) is 4.21 Å². The van der Waals surface area contributed by atoms with Crippen LogP contribution in [0.15, 0.2) is 29.2 Å². The Labute approximate surface area is 111 Å². The molecule has 4 heteroatoms. The number of aryl methyl sites for hydroxylation is 1. The van der Waals surface area contributed by atoms with E-state index in [0.717, 1.165) is 17.7 Å². The monoisotopic (exact) mass is 268 g/mol. The number of aliphatic hydroxyl groups excluding tert-OH is 1. The maximum atomic E-state index is 12.2. The Balaban J connectivity index is 1.86. The molecule has 1 aliphatic rings. The second kappa shape index (κ2) is 6.45. The van der Waals surface area contributed by atoms with Gasteiger partial charge in [-0.15, -0.1) is 0 Å². The zero-order valence-corrected chi connectivity index (χ0v) is 11.5. The molecule has 1 N–H and O–H groups in total. The molecule has 0 aromatic heterocycles. The molecule has 2 rings (SSSR count). The quantitative estimate of drug-likeness (QED) is 0.907. The van der Waals surface area contributed by atoms with Gasteiger partial charge in [-0.2, -0.15) is 0 Å². The van der Waals surface area contributed by atoms with Gasteiger partial charge in [0.25, 0.3) is 0 Å². The largest absolute Gasteiger partial charge is 0.396 e. The zero-order valence-electron chi connectivity index (χ0n) is 10.7. The minimum Gasteiger partial charge on any atom is -0.396 e. The van der Waals surface area contributed by atoms with E-state index in [0.29, 0.717) is 12.4 Å². The fraction of sp³-hybridized carbons (Fsp3) is 0.571. The molecule has 18 heavy (non-hydrogen) atoms. The molecular formula is C14H20O3S. The molecule has 0 saturated carbocycles. The lowest BCUT2D eigenvalue weighted by molar-refractivity contribution is -0.0183. The first-order chi connectivity index (χ1) is 8.69. The van der Waals surface area contributed by atoms with E-state index in [1.165, 1.54) is 5.56 Å². The lowest BCUT2D eigenvalue weighted by Crippen LogP contribution is -2.31. The lowest BCUT2D eigenvalue weighted by atomic mass is 10.0.